The normalized spacial score (nSPS) is 10.4. The van der Waals surface area contributed by atoms with Crippen molar-refractivity contribution in [1.82, 2.24) is 19.7 Å². The molecule has 0 saturated carbocycles. The van der Waals surface area contributed by atoms with Crippen LogP contribution in [0, 0.1) is 0 Å². The Morgan fingerprint density at radius 3 is 3.00 bits per heavy atom. The van der Waals surface area contributed by atoms with E-state index < -0.39 is 0 Å². The standard InChI is InChI=1S/C9H11ClN6/c1-16-4-6(3-15-16)2-12-9-7(10)8(11)13-5-14-9/h3-5H,2H2,1H3,(H3,11,12,13,14). The van der Waals surface area contributed by atoms with Crippen LogP contribution in [0.25, 0.3) is 0 Å². The van der Waals surface area contributed by atoms with Gasteiger partial charge in [-0.05, 0) is 0 Å². The molecule has 0 atom stereocenters. The molecular weight excluding hydrogens is 228 g/mol. The zero-order valence-electron chi connectivity index (χ0n) is 8.68. The van der Waals surface area contributed by atoms with E-state index in [1.807, 2.05) is 13.2 Å². The molecule has 7 heteroatoms. The molecule has 0 spiro atoms. The summed E-state index contributed by atoms with van der Waals surface area (Å²) in [7, 11) is 1.86. The summed E-state index contributed by atoms with van der Waals surface area (Å²) in [5, 5.41) is 7.46. The summed E-state index contributed by atoms with van der Waals surface area (Å²) in [6.45, 7) is 0.587. The first-order valence-corrected chi connectivity index (χ1v) is 5.02. The van der Waals surface area contributed by atoms with Crippen LogP contribution in [0.15, 0.2) is 18.7 Å². The number of nitrogen functional groups attached to an aromatic ring is 1. The van der Waals surface area contributed by atoms with E-state index in [1.165, 1.54) is 6.33 Å². The average molecular weight is 239 g/mol. The van der Waals surface area contributed by atoms with Gasteiger partial charge in [0.2, 0.25) is 0 Å². The fraction of sp³-hybridized carbons (Fsp3) is 0.222. The van der Waals surface area contributed by atoms with Crippen molar-refractivity contribution in [1.29, 1.82) is 0 Å². The van der Waals surface area contributed by atoms with Crippen LogP contribution in [0.5, 0.6) is 0 Å². The summed E-state index contributed by atoms with van der Waals surface area (Å²) < 4.78 is 1.73. The van der Waals surface area contributed by atoms with E-state index in [-0.39, 0.29) is 5.82 Å². The number of anilines is 2. The Morgan fingerprint density at radius 2 is 2.31 bits per heavy atom. The smallest absolute Gasteiger partial charge is 0.150 e. The lowest BCUT2D eigenvalue weighted by atomic mass is 10.3. The fourth-order valence-corrected chi connectivity index (χ4v) is 1.42. The quantitative estimate of drug-likeness (QED) is 0.836. The molecule has 0 amide bonds. The van der Waals surface area contributed by atoms with Crippen molar-refractivity contribution in [2.45, 2.75) is 6.54 Å². The second kappa shape index (κ2) is 4.36. The molecule has 0 aliphatic rings. The summed E-state index contributed by atoms with van der Waals surface area (Å²) in [5.74, 6) is 0.795. The molecule has 84 valence electrons. The minimum absolute atomic E-state index is 0.269. The minimum Gasteiger partial charge on any atom is -0.382 e. The second-order valence-electron chi connectivity index (χ2n) is 3.30. The van der Waals surface area contributed by atoms with Crippen molar-refractivity contribution in [3.63, 3.8) is 0 Å². The van der Waals surface area contributed by atoms with E-state index >= 15 is 0 Å². The molecule has 0 fully saturated rings. The molecule has 16 heavy (non-hydrogen) atoms. The maximum absolute atomic E-state index is 5.93. The van der Waals surface area contributed by atoms with Crippen LogP contribution in [0.4, 0.5) is 11.6 Å². The Morgan fingerprint density at radius 1 is 1.50 bits per heavy atom. The summed E-state index contributed by atoms with van der Waals surface area (Å²) in [6.07, 6.45) is 5.05. The number of hydrogen-bond donors (Lipinski definition) is 2. The predicted octanol–water partition coefficient (Wildman–Crippen LogP) is 1.06. The van der Waals surface area contributed by atoms with Crippen LogP contribution in [-0.4, -0.2) is 19.7 Å². The molecule has 0 aliphatic heterocycles. The molecule has 0 bridgehead atoms. The van der Waals surface area contributed by atoms with Gasteiger partial charge in [0.25, 0.3) is 0 Å². The molecule has 3 N–H and O–H groups in total. The van der Waals surface area contributed by atoms with Crippen molar-refractivity contribution < 1.29 is 0 Å². The third-order valence-electron chi connectivity index (χ3n) is 2.03. The minimum atomic E-state index is 0.269. The lowest BCUT2D eigenvalue weighted by Gasteiger charge is -2.06. The Balaban J connectivity index is 2.07. The maximum Gasteiger partial charge on any atom is 0.150 e. The van der Waals surface area contributed by atoms with Crippen molar-refractivity contribution in [3.8, 4) is 0 Å². The van der Waals surface area contributed by atoms with Crippen LogP contribution < -0.4 is 11.1 Å². The predicted molar refractivity (Wildman–Crippen MR) is 62.0 cm³/mol. The molecular formula is C9H11ClN6. The van der Waals surface area contributed by atoms with Gasteiger partial charge in [-0.3, -0.25) is 4.68 Å². The Kier molecular flexibility index (Phi) is 2.91. The molecule has 2 aromatic heterocycles. The highest BCUT2D eigenvalue weighted by Crippen LogP contribution is 2.23. The van der Waals surface area contributed by atoms with E-state index in [2.05, 4.69) is 20.4 Å². The third kappa shape index (κ3) is 2.22. The SMILES string of the molecule is Cn1cc(CNc2ncnc(N)c2Cl)cn1. The zero-order chi connectivity index (χ0) is 11.5. The lowest BCUT2D eigenvalue weighted by molar-refractivity contribution is 0.767. The van der Waals surface area contributed by atoms with E-state index in [0.717, 1.165) is 5.56 Å². The van der Waals surface area contributed by atoms with Gasteiger partial charge >= 0.3 is 0 Å². The molecule has 0 radical (unpaired) electrons. The molecule has 0 saturated heterocycles. The number of hydrogen-bond acceptors (Lipinski definition) is 5. The fourth-order valence-electron chi connectivity index (χ4n) is 1.26. The monoisotopic (exact) mass is 238 g/mol. The Labute approximate surface area is 97.5 Å². The Hall–Kier alpha value is -1.82. The van der Waals surface area contributed by atoms with Gasteiger partial charge in [-0.25, -0.2) is 9.97 Å². The number of rotatable bonds is 3. The summed E-state index contributed by atoms with van der Waals surface area (Å²) in [5.41, 5.74) is 6.59. The van der Waals surface area contributed by atoms with Gasteiger partial charge in [-0.2, -0.15) is 5.10 Å². The number of nitrogens with one attached hydrogen (secondary N) is 1. The van der Waals surface area contributed by atoms with Crippen LogP contribution >= 0.6 is 11.6 Å². The van der Waals surface area contributed by atoms with Gasteiger partial charge in [0.1, 0.15) is 17.2 Å². The molecule has 0 unspecified atom stereocenters. The van der Waals surface area contributed by atoms with E-state index in [0.29, 0.717) is 17.4 Å². The van der Waals surface area contributed by atoms with Crippen molar-refractivity contribution >= 4 is 23.2 Å². The number of halogens is 1. The third-order valence-corrected chi connectivity index (χ3v) is 2.41. The summed E-state index contributed by atoms with van der Waals surface area (Å²) >= 11 is 5.93. The van der Waals surface area contributed by atoms with Crippen LogP contribution in [0.2, 0.25) is 5.02 Å². The molecule has 2 heterocycles. The number of aromatic nitrogens is 4. The van der Waals surface area contributed by atoms with Gasteiger partial charge in [-0.15, -0.1) is 0 Å². The van der Waals surface area contributed by atoms with E-state index in [1.54, 1.807) is 10.9 Å². The summed E-state index contributed by atoms with van der Waals surface area (Å²) in [6, 6.07) is 0. The largest absolute Gasteiger partial charge is 0.382 e. The number of aryl methyl sites for hydroxylation is 1. The zero-order valence-corrected chi connectivity index (χ0v) is 9.44. The number of nitrogens with zero attached hydrogens (tertiary/aromatic N) is 4. The first-order chi connectivity index (χ1) is 7.66. The molecule has 0 aliphatic carbocycles. The van der Waals surface area contributed by atoms with Crippen LogP contribution in [-0.2, 0) is 13.6 Å². The molecule has 6 nitrogen and oxygen atoms in total. The van der Waals surface area contributed by atoms with Gasteiger partial charge in [0.15, 0.2) is 5.82 Å². The Bertz CT molecular complexity index is 494. The van der Waals surface area contributed by atoms with Gasteiger partial charge in [0, 0.05) is 25.4 Å². The van der Waals surface area contributed by atoms with Crippen molar-refractivity contribution in [3.05, 3.63) is 29.3 Å². The first kappa shape index (κ1) is 10.7. The van der Waals surface area contributed by atoms with E-state index in [9.17, 15) is 0 Å². The van der Waals surface area contributed by atoms with Crippen molar-refractivity contribution in [2.75, 3.05) is 11.1 Å². The second-order valence-corrected chi connectivity index (χ2v) is 3.68. The number of nitrogens with two attached hydrogens (primary N) is 1. The van der Waals surface area contributed by atoms with Crippen molar-refractivity contribution in [2.24, 2.45) is 7.05 Å². The van der Waals surface area contributed by atoms with E-state index in [4.69, 9.17) is 17.3 Å². The molecule has 2 rings (SSSR count). The van der Waals surface area contributed by atoms with Gasteiger partial charge in [-0.1, -0.05) is 11.6 Å². The first-order valence-electron chi connectivity index (χ1n) is 4.64. The maximum atomic E-state index is 5.93. The lowest BCUT2D eigenvalue weighted by Crippen LogP contribution is -2.03. The highest BCUT2D eigenvalue weighted by Gasteiger charge is 2.06. The van der Waals surface area contributed by atoms with Gasteiger partial charge < -0.3 is 11.1 Å². The molecule has 2 aromatic rings. The highest BCUT2D eigenvalue weighted by atomic mass is 35.5. The van der Waals surface area contributed by atoms with Crippen LogP contribution in [0.3, 0.4) is 0 Å². The topological polar surface area (TPSA) is 81.7 Å². The molecule has 0 aromatic carbocycles. The summed E-state index contributed by atoms with van der Waals surface area (Å²) in [4.78, 5) is 7.78. The average Bonchev–Trinajstić information content (AvgIpc) is 2.67. The van der Waals surface area contributed by atoms with Crippen LogP contribution in [0.1, 0.15) is 5.56 Å². The highest BCUT2D eigenvalue weighted by molar-refractivity contribution is 6.35. The van der Waals surface area contributed by atoms with Gasteiger partial charge in [0.05, 0.1) is 6.20 Å².